The Morgan fingerprint density at radius 2 is 1.85 bits per heavy atom. The first-order valence-electron chi connectivity index (χ1n) is 5.90. The highest BCUT2D eigenvalue weighted by molar-refractivity contribution is 6.31. The molecule has 1 aromatic carbocycles. The van der Waals surface area contributed by atoms with Crippen molar-refractivity contribution in [2.45, 2.75) is 6.92 Å². The normalized spacial score (nSPS) is 10.6. The largest absolute Gasteiger partial charge is 0.330 e. The molecule has 0 unspecified atom stereocenters. The standard InChI is InChI=1S/C14H13ClN2O3/c1-8-6-9(4-5-11(8)15)12(18)10-7-16(2)14(20)17(3)13(10)19/h4-7H,1-3H3. The lowest BCUT2D eigenvalue weighted by molar-refractivity contribution is 0.103. The fourth-order valence-corrected chi connectivity index (χ4v) is 2.02. The van der Waals surface area contributed by atoms with E-state index in [1.54, 1.807) is 25.1 Å². The zero-order valence-corrected chi connectivity index (χ0v) is 12.1. The SMILES string of the molecule is Cc1cc(C(=O)c2cn(C)c(=O)n(C)c2=O)ccc1Cl. The number of nitrogens with zero attached hydrogens (tertiary/aromatic N) is 2. The first-order chi connectivity index (χ1) is 9.32. The molecule has 1 aromatic heterocycles. The lowest BCUT2D eigenvalue weighted by Gasteiger charge is -2.07. The summed E-state index contributed by atoms with van der Waals surface area (Å²) in [4.78, 5) is 36.0. The molecule has 6 heteroatoms. The Morgan fingerprint density at radius 3 is 2.45 bits per heavy atom. The van der Waals surface area contributed by atoms with Crippen molar-refractivity contribution in [1.82, 2.24) is 9.13 Å². The van der Waals surface area contributed by atoms with E-state index >= 15 is 0 Å². The van der Waals surface area contributed by atoms with Crippen molar-refractivity contribution >= 4 is 17.4 Å². The second-order valence-corrected chi connectivity index (χ2v) is 5.00. The van der Waals surface area contributed by atoms with Gasteiger partial charge in [-0.3, -0.25) is 14.2 Å². The number of halogens is 1. The molecule has 0 spiro atoms. The lowest BCUT2D eigenvalue weighted by Crippen LogP contribution is -2.39. The molecule has 0 aliphatic rings. The number of hydrogen-bond acceptors (Lipinski definition) is 3. The van der Waals surface area contributed by atoms with E-state index in [1.165, 1.54) is 24.9 Å². The predicted molar refractivity (Wildman–Crippen MR) is 76.5 cm³/mol. The number of carbonyl (C=O) groups is 1. The van der Waals surface area contributed by atoms with Gasteiger partial charge in [0.1, 0.15) is 5.56 Å². The molecule has 0 N–H and O–H groups in total. The van der Waals surface area contributed by atoms with Crippen LogP contribution in [0.15, 0.2) is 34.0 Å². The summed E-state index contributed by atoms with van der Waals surface area (Å²) in [6, 6.07) is 4.79. The van der Waals surface area contributed by atoms with Crippen molar-refractivity contribution in [2.24, 2.45) is 14.1 Å². The van der Waals surface area contributed by atoms with Crippen LogP contribution in [-0.2, 0) is 14.1 Å². The van der Waals surface area contributed by atoms with Gasteiger partial charge < -0.3 is 4.57 Å². The van der Waals surface area contributed by atoms with E-state index in [-0.39, 0.29) is 5.56 Å². The Bertz CT molecular complexity index is 818. The van der Waals surface area contributed by atoms with Crippen LogP contribution in [0.2, 0.25) is 5.02 Å². The van der Waals surface area contributed by atoms with Crippen LogP contribution in [-0.4, -0.2) is 14.9 Å². The second kappa shape index (κ2) is 5.09. The second-order valence-electron chi connectivity index (χ2n) is 4.59. The number of aromatic nitrogens is 2. The van der Waals surface area contributed by atoms with Gasteiger partial charge in [-0.25, -0.2) is 4.79 Å². The van der Waals surface area contributed by atoms with Crippen LogP contribution in [0.1, 0.15) is 21.5 Å². The van der Waals surface area contributed by atoms with E-state index in [0.29, 0.717) is 10.6 Å². The summed E-state index contributed by atoms with van der Waals surface area (Å²) in [6.07, 6.45) is 1.26. The van der Waals surface area contributed by atoms with Gasteiger partial charge in [-0.05, 0) is 30.7 Å². The molecule has 2 aromatic rings. The number of carbonyl (C=O) groups excluding carboxylic acids is 1. The maximum Gasteiger partial charge on any atom is 0.330 e. The number of hydrogen-bond donors (Lipinski definition) is 0. The van der Waals surface area contributed by atoms with Crippen molar-refractivity contribution in [2.75, 3.05) is 0 Å². The molecule has 2 rings (SSSR count). The molecule has 0 saturated carbocycles. The van der Waals surface area contributed by atoms with Crippen molar-refractivity contribution in [3.05, 3.63) is 66.9 Å². The summed E-state index contributed by atoms with van der Waals surface area (Å²) >= 11 is 5.91. The molecule has 5 nitrogen and oxygen atoms in total. The van der Waals surface area contributed by atoms with Crippen LogP contribution >= 0.6 is 11.6 Å². The predicted octanol–water partition coefficient (Wildman–Crippen LogP) is 1.28. The molecule has 0 radical (unpaired) electrons. The van der Waals surface area contributed by atoms with Gasteiger partial charge in [0, 0.05) is 30.9 Å². The lowest BCUT2D eigenvalue weighted by atomic mass is 10.0. The molecule has 0 aliphatic heterocycles. The van der Waals surface area contributed by atoms with Crippen molar-refractivity contribution in [3.63, 3.8) is 0 Å². The smallest absolute Gasteiger partial charge is 0.303 e. The highest BCUT2D eigenvalue weighted by atomic mass is 35.5. The topological polar surface area (TPSA) is 61.1 Å². The molecule has 0 amide bonds. The third kappa shape index (κ3) is 2.32. The quantitative estimate of drug-likeness (QED) is 0.783. The minimum Gasteiger partial charge on any atom is -0.303 e. The van der Waals surface area contributed by atoms with E-state index in [9.17, 15) is 14.4 Å². The number of ketones is 1. The highest BCUT2D eigenvalue weighted by Crippen LogP contribution is 2.17. The average molecular weight is 293 g/mol. The summed E-state index contributed by atoms with van der Waals surface area (Å²) in [5, 5.41) is 0.551. The molecular formula is C14H13ClN2O3. The summed E-state index contributed by atoms with van der Waals surface area (Å²) < 4.78 is 2.12. The molecule has 0 atom stereocenters. The van der Waals surface area contributed by atoms with Gasteiger partial charge in [-0.15, -0.1) is 0 Å². The molecule has 1 heterocycles. The highest BCUT2D eigenvalue weighted by Gasteiger charge is 2.17. The maximum atomic E-state index is 12.4. The van der Waals surface area contributed by atoms with E-state index in [2.05, 4.69) is 0 Å². The van der Waals surface area contributed by atoms with Gasteiger partial charge in [0.25, 0.3) is 5.56 Å². The van der Waals surface area contributed by atoms with Crippen LogP contribution in [0.3, 0.4) is 0 Å². The Labute approximate surface area is 120 Å². The molecular weight excluding hydrogens is 280 g/mol. The molecule has 20 heavy (non-hydrogen) atoms. The molecule has 0 fully saturated rings. The van der Waals surface area contributed by atoms with Gasteiger partial charge in [-0.1, -0.05) is 11.6 Å². The summed E-state index contributed by atoms with van der Waals surface area (Å²) in [6.45, 7) is 1.78. The van der Waals surface area contributed by atoms with Gasteiger partial charge in [0.15, 0.2) is 5.78 Å². The Hall–Kier alpha value is -2.14. The van der Waals surface area contributed by atoms with E-state index in [0.717, 1.165) is 10.1 Å². The zero-order valence-electron chi connectivity index (χ0n) is 11.3. The molecule has 0 saturated heterocycles. The van der Waals surface area contributed by atoms with Crippen LogP contribution < -0.4 is 11.2 Å². The number of rotatable bonds is 2. The molecule has 0 aliphatic carbocycles. The minimum absolute atomic E-state index is 0.0451. The molecule has 0 bridgehead atoms. The van der Waals surface area contributed by atoms with Crippen molar-refractivity contribution in [3.8, 4) is 0 Å². The first kappa shape index (κ1) is 14.3. The van der Waals surface area contributed by atoms with Crippen LogP contribution in [0, 0.1) is 6.92 Å². The fourth-order valence-electron chi connectivity index (χ4n) is 1.91. The monoisotopic (exact) mass is 292 g/mol. The van der Waals surface area contributed by atoms with E-state index < -0.39 is 17.0 Å². The van der Waals surface area contributed by atoms with Gasteiger partial charge in [0.2, 0.25) is 0 Å². The summed E-state index contributed by atoms with van der Waals surface area (Å²) in [5.41, 5.74) is -0.0114. The maximum absolute atomic E-state index is 12.4. The van der Waals surface area contributed by atoms with Crippen molar-refractivity contribution in [1.29, 1.82) is 0 Å². The van der Waals surface area contributed by atoms with Crippen molar-refractivity contribution < 1.29 is 4.79 Å². The van der Waals surface area contributed by atoms with E-state index in [1.807, 2.05) is 0 Å². The number of aryl methyl sites for hydroxylation is 2. The van der Waals surface area contributed by atoms with Crippen LogP contribution in [0.25, 0.3) is 0 Å². The number of benzene rings is 1. The van der Waals surface area contributed by atoms with Crippen LogP contribution in [0.4, 0.5) is 0 Å². The Kier molecular flexibility index (Phi) is 3.63. The Morgan fingerprint density at radius 1 is 1.20 bits per heavy atom. The third-order valence-electron chi connectivity index (χ3n) is 3.11. The third-order valence-corrected chi connectivity index (χ3v) is 3.54. The van der Waals surface area contributed by atoms with E-state index in [4.69, 9.17) is 11.6 Å². The molecule has 104 valence electrons. The Balaban J connectivity index is 2.62. The first-order valence-corrected chi connectivity index (χ1v) is 6.28. The van der Waals surface area contributed by atoms with Gasteiger partial charge >= 0.3 is 5.69 Å². The van der Waals surface area contributed by atoms with Gasteiger partial charge in [0.05, 0.1) is 0 Å². The summed E-state index contributed by atoms with van der Waals surface area (Å²) in [7, 11) is 2.83. The fraction of sp³-hybridized carbons (Fsp3) is 0.214. The minimum atomic E-state index is -0.606. The average Bonchev–Trinajstić information content (AvgIpc) is 2.43. The zero-order chi connectivity index (χ0) is 15.0. The summed E-state index contributed by atoms with van der Waals surface area (Å²) in [5.74, 6) is -0.430. The van der Waals surface area contributed by atoms with Crippen LogP contribution in [0.5, 0.6) is 0 Å². The van der Waals surface area contributed by atoms with Gasteiger partial charge in [-0.2, -0.15) is 0 Å².